The fourth-order valence-electron chi connectivity index (χ4n) is 5.08. The number of H-pyrrole nitrogens is 1. The van der Waals surface area contributed by atoms with Crippen molar-refractivity contribution in [1.82, 2.24) is 9.97 Å². The van der Waals surface area contributed by atoms with Crippen LogP contribution in [0.3, 0.4) is 0 Å². The summed E-state index contributed by atoms with van der Waals surface area (Å²) in [6, 6.07) is 13.1. The molecule has 2 aromatic heterocycles. The molecule has 0 atom stereocenters. The van der Waals surface area contributed by atoms with Crippen molar-refractivity contribution < 1.29 is 45.6 Å². The zero-order valence-electron chi connectivity index (χ0n) is 23.4. The quantitative estimate of drug-likeness (QED) is 0.0699. The van der Waals surface area contributed by atoms with Crippen LogP contribution in [0.25, 0.3) is 32.9 Å². The average molecular weight is 637 g/mol. The topological polar surface area (TPSA) is 129 Å². The number of nitrogens with zero attached hydrogens (tertiary/aromatic N) is 3. The summed E-state index contributed by atoms with van der Waals surface area (Å²) in [6.07, 6.45) is -2.87. The number of ether oxygens (including phenoxy) is 1. The van der Waals surface area contributed by atoms with E-state index in [0.29, 0.717) is 38.8 Å². The van der Waals surface area contributed by atoms with Gasteiger partial charge in [0.15, 0.2) is 18.7 Å². The molecule has 0 spiro atoms. The molecule has 0 unspecified atom stereocenters. The first-order chi connectivity index (χ1) is 20.6. The zero-order chi connectivity index (χ0) is 32.0. The van der Waals surface area contributed by atoms with Crippen LogP contribution in [-0.2, 0) is 34.3 Å². The Morgan fingerprint density at radius 1 is 1.02 bits per heavy atom. The molecule has 5 aromatic rings. The van der Waals surface area contributed by atoms with E-state index < -0.39 is 30.6 Å². The summed E-state index contributed by atoms with van der Waals surface area (Å²) in [6.45, 7) is 0.333. The van der Waals surface area contributed by atoms with E-state index in [1.54, 1.807) is 41.9 Å². The van der Waals surface area contributed by atoms with Gasteiger partial charge in [0, 0.05) is 31.3 Å². The largest absolute Gasteiger partial charge is 0.417 e. The molecular weight excluding hydrogens is 608 g/mol. The van der Waals surface area contributed by atoms with Crippen LogP contribution in [0.5, 0.6) is 0 Å². The lowest BCUT2D eigenvalue weighted by Gasteiger charge is -2.18. The van der Waals surface area contributed by atoms with E-state index in [1.165, 1.54) is 30.3 Å². The lowest BCUT2D eigenvalue weighted by Crippen LogP contribution is -2.34. The van der Waals surface area contributed by atoms with E-state index in [4.69, 9.17) is 20.3 Å². The van der Waals surface area contributed by atoms with Gasteiger partial charge in [-0.1, -0.05) is 42.5 Å². The molecule has 2 heterocycles. The number of rotatable bonds is 9. The third kappa shape index (κ3) is 5.85. The molecule has 232 valence electrons. The number of anilines is 2. The van der Waals surface area contributed by atoms with Crippen molar-refractivity contribution in [2.45, 2.75) is 25.0 Å². The number of nitrogen functional groups attached to an aromatic ring is 1. The molecule has 0 bridgehead atoms. The van der Waals surface area contributed by atoms with Crippen molar-refractivity contribution in [2.24, 2.45) is 0 Å². The number of fused-ring (bicyclic) bond motifs is 3. The number of aromatic nitrogens is 3. The maximum Gasteiger partial charge on any atom is 0.417 e. The molecule has 0 saturated carbocycles. The first kappa shape index (κ1) is 31.3. The van der Waals surface area contributed by atoms with Gasteiger partial charge in [-0.15, -0.1) is 0 Å². The Labute approximate surface area is 247 Å². The number of aromatic amines is 1. The first-order valence-corrected chi connectivity index (χ1v) is 14.8. The minimum absolute atomic E-state index is 0.00338. The van der Waals surface area contributed by atoms with Gasteiger partial charge >= 0.3 is 19.4 Å². The summed E-state index contributed by atoms with van der Waals surface area (Å²) in [4.78, 5) is 27.0. The standard InChI is InChI=1S/C29H27F5N5O4P/c1-38(2)26-24-20-11-12-39(13-14-43-16-17-7-9-18(10-8-17)29(33,34)44(40,41)42)25(20)21(15-23(24)36-27(35)37-26)19-5-3-4-6-22(19)28(30,31)32/h3-12,15H,13-14,16H2,1-2H3,(H4,35,36,37,40,41,42)/p+1. The Balaban J connectivity index is 1.50. The number of halogens is 5. The van der Waals surface area contributed by atoms with Crippen LogP contribution in [0.15, 0.2) is 66.9 Å². The van der Waals surface area contributed by atoms with Gasteiger partial charge in [-0.2, -0.15) is 31.5 Å². The van der Waals surface area contributed by atoms with E-state index >= 15 is 0 Å². The summed E-state index contributed by atoms with van der Waals surface area (Å²) in [5, 5.41) is 1.31. The summed E-state index contributed by atoms with van der Waals surface area (Å²) in [5.74, 6) is 0.626. The summed E-state index contributed by atoms with van der Waals surface area (Å²) < 4.78 is 88.9. The van der Waals surface area contributed by atoms with Crippen molar-refractivity contribution >= 4 is 41.2 Å². The summed E-state index contributed by atoms with van der Waals surface area (Å²) in [7, 11) is -2.13. The first-order valence-electron chi connectivity index (χ1n) is 13.2. The van der Waals surface area contributed by atoms with Crippen molar-refractivity contribution in [3.63, 3.8) is 0 Å². The highest BCUT2D eigenvalue weighted by Crippen LogP contribution is 2.59. The summed E-state index contributed by atoms with van der Waals surface area (Å²) in [5.41, 5.74) is 1.87. The van der Waals surface area contributed by atoms with Crippen LogP contribution in [-0.4, -0.2) is 40.5 Å². The Morgan fingerprint density at radius 2 is 1.70 bits per heavy atom. The Hall–Kier alpha value is -4.10. The number of alkyl halides is 5. The third-order valence-electron chi connectivity index (χ3n) is 7.12. The molecule has 9 nitrogen and oxygen atoms in total. The minimum Gasteiger partial charge on any atom is -0.370 e. The molecule has 3 aromatic carbocycles. The smallest absolute Gasteiger partial charge is 0.370 e. The highest BCUT2D eigenvalue weighted by Gasteiger charge is 2.50. The molecule has 44 heavy (non-hydrogen) atoms. The normalized spacial score (nSPS) is 12.8. The zero-order valence-corrected chi connectivity index (χ0v) is 24.3. The molecule has 15 heteroatoms. The van der Waals surface area contributed by atoms with Crippen LogP contribution in [0.4, 0.5) is 33.7 Å². The number of hydrogen-bond acceptors (Lipinski definition) is 5. The van der Waals surface area contributed by atoms with Gasteiger partial charge in [0.25, 0.3) is 0 Å². The number of nitrogens with one attached hydrogen (secondary N) is 1. The second-order valence-electron chi connectivity index (χ2n) is 10.3. The van der Waals surface area contributed by atoms with Crippen molar-refractivity contribution in [1.29, 1.82) is 0 Å². The lowest BCUT2D eigenvalue weighted by molar-refractivity contribution is -0.670. The lowest BCUT2D eigenvalue weighted by atomic mass is 9.95. The average Bonchev–Trinajstić information content (AvgIpc) is 3.37. The number of benzene rings is 3. The SMILES string of the molecule is CN(C)c1nc(N)[nH]c2cc(-c3ccccc3C(F)(F)F)c3c(cc[n+]3CCOCc3ccc(C(F)(F)P(=O)(O)O)cc3)c12. The van der Waals surface area contributed by atoms with Gasteiger partial charge in [-0.05, 0) is 17.7 Å². The number of nitrogens with two attached hydrogens (primary N) is 1. The fourth-order valence-corrected chi connectivity index (χ4v) is 5.57. The molecule has 5 rings (SSSR count). The van der Waals surface area contributed by atoms with E-state index in [-0.39, 0.29) is 31.3 Å². The predicted octanol–water partition coefficient (Wildman–Crippen LogP) is 5.78. The molecule has 0 radical (unpaired) electrons. The van der Waals surface area contributed by atoms with E-state index in [0.717, 1.165) is 18.2 Å². The van der Waals surface area contributed by atoms with Gasteiger partial charge < -0.3 is 30.1 Å². The van der Waals surface area contributed by atoms with Crippen molar-refractivity contribution in [3.8, 4) is 11.1 Å². The maximum atomic E-state index is 14.1. The summed E-state index contributed by atoms with van der Waals surface area (Å²) >= 11 is 0. The molecule has 0 aliphatic rings. The van der Waals surface area contributed by atoms with Gasteiger partial charge in [-0.25, -0.2) is 0 Å². The van der Waals surface area contributed by atoms with Crippen LogP contribution in [0.1, 0.15) is 16.7 Å². The Kier molecular flexibility index (Phi) is 8.14. The minimum atomic E-state index is -5.69. The molecule has 0 fully saturated rings. The Bertz CT molecular complexity index is 1890. The predicted molar refractivity (Wildman–Crippen MR) is 155 cm³/mol. The number of hydrogen-bond donors (Lipinski definition) is 4. The molecule has 0 aliphatic heterocycles. The van der Waals surface area contributed by atoms with Gasteiger partial charge in [-0.3, -0.25) is 4.57 Å². The maximum absolute atomic E-state index is 14.1. The molecular formula is C29H28F5N5O4P+. The highest BCUT2D eigenvalue weighted by atomic mass is 31.2. The van der Waals surface area contributed by atoms with E-state index in [1.807, 2.05) is 0 Å². The van der Waals surface area contributed by atoms with Gasteiger partial charge in [0.05, 0.1) is 34.0 Å². The molecule has 0 amide bonds. The third-order valence-corrected chi connectivity index (χ3v) is 8.11. The van der Waals surface area contributed by atoms with Crippen LogP contribution in [0, 0.1) is 0 Å². The van der Waals surface area contributed by atoms with Gasteiger partial charge in [0.2, 0.25) is 5.52 Å². The van der Waals surface area contributed by atoms with Gasteiger partial charge in [0.1, 0.15) is 12.4 Å². The fraction of sp³-hybridized carbons (Fsp3) is 0.241. The molecule has 0 aliphatic carbocycles. The second kappa shape index (κ2) is 11.4. The highest BCUT2D eigenvalue weighted by molar-refractivity contribution is 7.52. The van der Waals surface area contributed by atoms with Crippen molar-refractivity contribution in [3.05, 3.63) is 83.6 Å². The van der Waals surface area contributed by atoms with Crippen molar-refractivity contribution in [2.75, 3.05) is 31.3 Å². The van der Waals surface area contributed by atoms with Crippen LogP contribution < -0.4 is 15.2 Å². The van der Waals surface area contributed by atoms with Crippen LogP contribution >= 0.6 is 7.60 Å². The van der Waals surface area contributed by atoms with Crippen LogP contribution in [0.2, 0.25) is 0 Å². The Morgan fingerprint density at radius 3 is 2.34 bits per heavy atom. The van der Waals surface area contributed by atoms with E-state index in [9.17, 15) is 26.5 Å². The van der Waals surface area contributed by atoms with E-state index in [2.05, 4.69) is 9.97 Å². The molecule has 0 saturated heterocycles. The second-order valence-corrected chi connectivity index (χ2v) is 12.0. The monoisotopic (exact) mass is 636 g/mol. The molecule has 5 N–H and O–H groups in total.